The van der Waals surface area contributed by atoms with E-state index in [9.17, 15) is 4.79 Å². The van der Waals surface area contributed by atoms with E-state index in [1.165, 1.54) is 0 Å². The van der Waals surface area contributed by atoms with Gasteiger partial charge in [0.1, 0.15) is 11.3 Å². The molecule has 0 bridgehead atoms. The smallest absolute Gasteiger partial charge is 0.375 e. The Labute approximate surface area is 214 Å². The van der Waals surface area contributed by atoms with Crippen molar-refractivity contribution in [3.05, 3.63) is 90.0 Å². The molecule has 0 saturated carbocycles. The molecule has 0 N–H and O–H groups in total. The summed E-state index contributed by atoms with van der Waals surface area (Å²) in [4.78, 5) is 12.7. The lowest BCUT2D eigenvalue weighted by Gasteiger charge is -2.32. The molecule has 0 fully saturated rings. The molecule has 190 valence electrons. The Hall–Kier alpha value is -4.00. The van der Waals surface area contributed by atoms with Crippen LogP contribution in [0.3, 0.4) is 0 Å². The second-order valence-corrected chi connectivity index (χ2v) is 6.54. The number of para-hydroxylation sites is 3. The highest BCUT2D eigenvalue weighted by molar-refractivity contribution is 6.00. The molecule has 0 saturated heterocycles. The average molecular weight is 490 g/mol. The van der Waals surface area contributed by atoms with Crippen molar-refractivity contribution in [2.24, 2.45) is 10.2 Å². The fraction of sp³-hybridized carbons (Fsp3) is 0.310. The molecule has 3 aromatic carbocycles. The van der Waals surface area contributed by atoms with Gasteiger partial charge < -0.3 is 9.47 Å². The zero-order valence-corrected chi connectivity index (χ0v) is 22.5. The SMILES string of the molecule is CC.CC.CC.CC.O=C1OC23Oc4ccccc4N2N=C(c2ccccc2)N=[N+]3c2ccccc21. The van der Waals surface area contributed by atoms with Crippen molar-refractivity contribution < 1.29 is 19.0 Å². The van der Waals surface area contributed by atoms with Crippen LogP contribution in [0.5, 0.6) is 5.75 Å². The van der Waals surface area contributed by atoms with E-state index in [1.54, 1.807) is 21.8 Å². The summed E-state index contributed by atoms with van der Waals surface area (Å²) in [7, 11) is 0. The molecule has 36 heavy (non-hydrogen) atoms. The normalized spacial score (nSPS) is 17.2. The van der Waals surface area contributed by atoms with Crippen LogP contribution in [0.4, 0.5) is 11.4 Å². The average Bonchev–Trinajstić information content (AvgIpc) is 3.30. The number of ether oxygens (including phenoxy) is 2. The monoisotopic (exact) mass is 489 g/mol. The summed E-state index contributed by atoms with van der Waals surface area (Å²) in [6.07, 6.45) is 0. The van der Waals surface area contributed by atoms with Crippen LogP contribution in [0, 0.1) is 0 Å². The van der Waals surface area contributed by atoms with Gasteiger partial charge in [-0.15, -0.1) is 10.1 Å². The van der Waals surface area contributed by atoms with Gasteiger partial charge in [0.05, 0.1) is 0 Å². The van der Waals surface area contributed by atoms with E-state index < -0.39 is 12.0 Å². The highest BCUT2D eigenvalue weighted by Crippen LogP contribution is 2.49. The van der Waals surface area contributed by atoms with E-state index in [2.05, 4.69) is 5.10 Å². The van der Waals surface area contributed by atoms with Crippen molar-refractivity contribution in [3.63, 3.8) is 0 Å². The summed E-state index contributed by atoms with van der Waals surface area (Å²) >= 11 is 0. The molecular formula is C29H37N4O3+. The van der Waals surface area contributed by atoms with E-state index in [1.807, 2.05) is 122 Å². The van der Waals surface area contributed by atoms with Gasteiger partial charge in [-0.3, -0.25) is 0 Å². The number of rotatable bonds is 1. The van der Waals surface area contributed by atoms with Crippen molar-refractivity contribution in [1.82, 2.24) is 0 Å². The van der Waals surface area contributed by atoms with Gasteiger partial charge >= 0.3 is 12.0 Å². The maximum Gasteiger partial charge on any atom is 0.626 e. The number of amidine groups is 1. The van der Waals surface area contributed by atoms with Crippen LogP contribution in [0.25, 0.3) is 0 Å². The number of fused-ring (bicyclic) bond motifs is 4. The zero-order chi connectivity index (χ0) is 26.7. The summed E-state index contributed by atoms with van der Waals surface area (Å²) in [6.45, 7) is 16.0. The molecule has 3 aliphatic rings. The maximum atomic E-state index is 12.7. The molecule has 0 amide bonds. The topological polar surface area (TPSA) is 66.5 Å². The Bertz CT molecular complexity index is 1210. The minimum Gasteiger partial charge on any atom is -0.375 e. The van der Waals surface area contributed by atoms with Gasteiger partial charge in [0, 0.05) is 21.4 Å². The fourth-order valence-electron chi connectivity index (χ4n) is 3.60. The van der Waals surface area contributed by atoms with Crippen molar-refractivity contribution in [2.45, 2.75) is 61.4 Å². The first-order valence-corrected chi connectivity index (χ1v) is 12.8. The minimum absolute atomic E-state index is 0.422. The third kappa shape index (κ3) is 4.87. The number of esters is 1. The molecular weight excluding hydrogens is 452 g/mol. The fourth-order valence-corrected chi connectivity index (χ4v) is 3.60. The summed E-state index contributed by atoms with van der Waals surface area (Å²) < 4.78 is 13.5. The summed E-state index contributed by atoms with van der Waals surface area (Å²) in [5.41, 5.74) is 2.56. The first-order chi connectivity index (χ1) is 17.8. The van der Waals surface area contributed by atoms with Crippen molar-refractivity contribution in [1.29, 1.82) is 0 Å². The van der Waals surface area contributed by atoms with Gasteiger partial charge in [0.25, 0.3) is 5.69 Å². The molecule has 3 heterocycles. The lowest BCUT2D eigenvalue weighted by Crippen LogP contribution is -2.61. The van der Waals surface area contributed by atoms with Gasteiger partial charge in [-0.1, -0.05) is 110 Å². The standard InChI is InChI=1S/C21H13N4O3.4C2H6/c26-20-15-10-4-5-11-16(15)24-21(28-20)25(17-12-6-7-13-18(17)27-21)23-19(22-24)14-8-2-1-3-9-14;4*1-2/h1-13H;4*1-2H3/q+1;;;;. The Morgan fingerprint density at radius 3 is 2.00 bits per heavy atom. The van der Waals surface area contributed by atoms with Gasteiger partial charge in [-0.2, -0.15) is 0 Å². The number of carbonyl (C=O) groups is 1. The van der Waals surface area contributed by atoms with Crippen LogP contribution in [-0.4, -0.2) is 22.5 Å². The van der Waals surface area contributed by atoms with E-state index in [0.717, 1.165) is 5.56 Å². The number of azo groups is 2. The van der Waals surface area contributed by atoms with Crippen molar-refractivity contribution >= 4 is 23.2 Å². The van der Waals surface area contributed by atoms with Crippen LogP contribution in [0.15, 0.2) is 89.1 Å². The number of benzene rings is 3. The van der Waals surface area contributed by atoms with Crippen LogP contribution in [0.2, 0.25) is 0 Å². The van der Waals surface area contributed by atoms with Crippen LogP contribution >= 0.6 is 0 Å². The van der Waals surface area contributed by atoms with Gasteiger partial charge in [0.15, 0.2) is 5.75 Å². The molecule has 6 rings (SSSR count). The van der Waals surface area contributed by atoms with E-state index in [0.29, 0.717) is 28.5 Å². The molecule has 0 aromatic heterocycles. The van der Waals surface area contributed by atoms with Gasteiger partial charge in [-0.05, 0) is 18.2 Å². The molecule has 0 radical (unpaired) electrons. The third-order valence-corrected chi connectivity index (χ3v) is 4.87. The Kier molecular flexibility index (Phi) is 10.3. The summed E-state index contributed by atoms with van der Waals surface area (Å²) in [6, 6.07) is 22.6. The summed E-state index contributed by atoms with van der Waals surface area (Å²) in [5, 5.41) is 11.0. The second kappa shape index (κ2) is 13.2. The zero-order valence-electron chi connectivity index (χ0n) is 22.5. The molecule has 3 aliphatic heterocycles. The van der Waals surface area contributed by atoms with Crippen LogP contribution in [0.1, 0.15) is 71.3 Å². The highest BCUT2D eigenvalue weighted by atomic mass is 16.8. The Balaban J connectivity index is 0.000000523. The molecule has 7 heteroatoms. The lowest BCUT2D eigenvalue weighted by molar-refractivity contribution is -0.687. The predicted octanol–water partition coefficient (Wildman–Crippen LogP) is 7.94. The Morgan fingerprint density at radius 2 is 1.31 bits per heavy atom. The number of anilines is 1. The maximum absolute atomic E-state index is 12.7. The van der Waals surface area contributed by atoms with Crippen molar-refractivity contribution in [3.8, 4) is 5.75 Å². The number of hydrogen-bond donors (Lipinski definition) is 0. The lowest BCUT2D eigenvalue weighted by atomic mass is 10.1. The van der Waals surface area contributed by atoms with Gasteiger partial charge in [0.2, 0.25) is 5.84 Å². The number of hydrazone groups is 1. The highest BCUT2D eigenvalue weighted by Gasteiger charge is 2.69. The third-order valence-electron chi connectivity index (χ3n) is 4.87. The number of carbonyl (C=O) groups excluding carboxylic acids is 1. The first kappa shape index (κ1) is 28.2. The number of hydrogen-bond acceptors (Lipinski definition) is 6. The van der Waals surface area contributed by atoms with E-state index >= 15 is 0 Å². The predicted molar refractivity (Wildman–Crippen MR) is 145 cm³/mol. The van der Waals surface area contributed by atoms with E-state index in [4.69, 9.17) is 14.6 Å². The largest absolute Gasteiger partial charge is 0.626 e. The van der Waals surface area contributed by atoms with E-state index in [-0.39, 0.29) is 0 Å². The van der Waals surface area contributed by atoms with Gasteiger partial charge in [-0.25, -0.2) is 4.79 Å². The minimum atomic E-state index is -1.62. The summed E-state index contributed by atoms with van der Waals surface area (Å²) in [5.74, 6) is 0.565. The molecule has 1 spiro atoms. The second-order valence-electron chi connectivity index (χ2n) is 6.54. The first-order valence-electron chi connectivity index (χ1n) is 12.8. The van der Waals surface area contributed by atoms with Crippen LogP contribution in [-0.2, 0) is 4.74 Å². The molecule has 0 aliphatic carbocycles. The molecule has 1 atom stereocenters. The molecule has 3 aromatic rings. The Morgan fingerprint density at radius 1 is 0.722 bits per heavy atom. The van der Waals surface area contributed by atoms with Crippen LogP contribution < -0.4 is 9.75 Å². The van der Waals surface area contributed by atoms with Crippen molar-refractivity contribution in [2.75, 3.05) is 5.01 Å². The number of nitrogens with zero attached hydrogens (tertiary/aromatic N) is 4. The molecule has 1 unspecified atom stereocenters. The molecule has 7 nitrogen and oxygen atoms in total. The quantitative estimate of drug-likeness (QED) is 0.257.